The van der Waals surface area contributed by atoms with E-state index in [-0.39, 0.29) is 11.9 Å². The van der Waals surface area contributed by atoms with Gasteiger partial charge in [0.2, 0.25) is 5.91 Å². The van der Waals surface area contributed by atoms with Gasteiger partial charge in [-0.05, 0) is 18.6 Å². The van der Waals surface area contributed by atoms with Crippen LogP contribution in [0.2, 0.25) is 0 Å². The van der Waals surface area contributed by atoms with Gasteiger partial charge in [0, 0.05) is 10.5 Å². The summed E-state index contributed by atoms with van der Waals surface area (Å²) in [5.74, 6) is 0.0157. The standard InChI is InChI=1S/C13H19BrN2O/c1-9(2)15-8-13(17)16-10(3)11-6-4-5-7-12(11)14/h4-7,9-10,15H,8H2,1-3H3,(H,16,17)/t10-/m0/s1. The first kappa shape index (κ1) is 14.2. The molecule has 0 radical (unpaired) electrons. The van der Waals surface area contributed by atoms with E-state index in [1.807, 2.05) is 45.0 Å². The molecule has 1 rings (SSSR count). The highest BCUT2D eigenvalue weighted by atomic mass is 79.9. The molecule has 0 saturated carbocycles. The summed E-state index contributed by atoms with van der Waals surface area (Å²) >= 11 is 3.48. The lowest BCUT2D eigenvalue weighted by atomic mass is 10.1. The van der Waals surface area contributed by atoms with E-state index < -0.39 is 0 Å². The number of nitrogens with one attached hydrogen (secondary N) is 2. The summed E-state index contributed by atoms with van der Waals surface area (Å²) < 4.78 is 1.02. The second kappa shape index (κ2) is 6.77. The van der Waals surface area contributed by atoms with Gasteiger partial charge in [0.25, 0.3) is 0 Å². The maximum atomic E-state index is 11.7. The van der Waals surface area contributed by atoms with Gasteiger partial charge in [-0.1, -0.05) is 48.0 Å². The smallest absolute Gasteiger partial charge is 0.234 e. The fraction of sp³-hybridized carbons (Fsp3) is 0.462. The van der Waals surface area contributed by atoms with E-state index >= 15 is 0 Å². The highest BCUT2D eigenvalue weighted by molar-refractivity contribution is 9.10. The summed E-state index contributed by atoms with van der Waals surface area (Å²) in [6.45, 7) is 6.37. The summed E-state index contributed by atoms with van der Waals surface area (Å²) in [5, 5.41) is 6.05. The fourth-order valence-electron chi connectivity index (χ4n) is 1.49. The van der Waals surface area contributed by atoms with Crippen LogP contribution in [0, 0.1) is 0 Å². The monoisotopic (exact) mass is 298 g/mol. The Kier molecular flexibility index (Phi) is 5.65. The van der Waals surface area contributed by atoms with Crippen molar-refractivity contribution in [3.8, 4) is 0 Å². The van der Waals surface area contributed by atoms with Gasteiger partial charge in [-0.25, -0.2) is 0 Å². The summed E-state index contributed by atoms with van der Waals surface area (Å²) in [7, 11) is 0. The molecule has 2 N–H and O–H groups in total. The van der Waals surface area contributed by atoms with Gasteiger partial charge in [0.1, 0.15) is 0 Å². The highest BCUT2D eigenvalue weighted by Crippen LogP contribution is 2.22. The van der Waals surface area contributed by atoms with Crippen molar-refractivity contribution in [3.05, 3.63) is 34.3 Å². The number of rotatable bonds is 5. The van der Waals surface area contributed by atoms with E-state index in [4.69, 9.17) is 0 Å². The molecular weight excluding hydrogens is 280 g/mol. The molecular formula is C13H19BrN2O. The molecule has 17 heavy (non-hydrogen) atoms. The first-order chi connectivity index (χ1) is 8.00. The van der Waals surface area contributed by atoms with Crippen LogP contribution >= 0.6 is 15.9 Å². The average molecular weight is 299 g/mol. The second-order valence-corrected chi connectivity index (χ2v) is 5.20. The molecule has 0 spiro atoms. The fourth-order valence-corrected chi connectivity index (χ4v) is 2.12. The van der Waals surface area contributed by atoms with Crippen molar-refractivity contribution >= 4 is 21.8 Å². The first-order valence-electron chi connectivity index (χ1n) is 5.78. The van der Waals surface area contributed by atoms with Crippen LogP contribution in [0.1, 0.15) is 32.4 Å². The first-order valence-corrected chi connectivity index (χ1v) is 6.57. The third-order valence-corrected chi connectivity index (χ3v) is 3.14. The number of halogens is 1. The van der Waals surface area contributed by atoms with Gasteiger partial charge >= 0.3 is 0 Å². The number of benzene rings is 1. The zero-order valence-electron chi connectivity index (χ0n) is 10.5. The van der Waals surface area contributed by atoms with Gasteiger partial charge < -0.3 is 10.6 Å². The minimum Gasteiger partial charge on any atom is -0.348 e. The predicted molar refractivity (Wildman–Crippen MR) is 73.8 cm³/mol. The molecule has 0 aliphatic rings. The molecule has 0 aliphatic carbocycles. The molecule has 1 atom stereocenters. The minimum absolute atomic E-state index is 0.00652. The quantitative estimate of drug-likeness (QED) is 0.877. The van der Waals surface area contributed by atoms with E-state index in [0.29, 0.717) is 12.6 Å². The Balaban J connectivity index is 2.52. The van der Waals surface area contributed by atoms with Crippen molar-refractivity contribution in [1.82, 2.24) is 10.6 Å². The van der Waals surface area contributed by atoms with Crippen molar-refractivity contribution in [1.29, 1.82) is 0 Å². The molecule has 0 saturated heterocycles. The summed E-state index contributed by atoms with van der Waals surface area (Å²) in [6, 6.07) is 8.24. The van der Waals surface area contributed by atoms with Gasteiger partial charge in [-0.3, -0.25) is 4.79 Å². The largest absolute Gasteiger partial charge is 0.348 e. The Labute approximate surface area is 111 Å². The van der Waals surface area contributed by atoms with Crippen LogP contribution in [0.4, 0.5) is 0 Å². The molecule has 0 heterocycles. The van der Waals surface area contributed by atoms with Crippen molar-refractivity contribution in [2.75, 3.05) is 6.54 Å². The van der Waals surface area contributed by atoms with Crippen LogP contribution in [0.3, 0.4) is 0 Å². The molecule has 4 heteroatoms. The maximum Gasteiger partial charge on any atom is 0.234 e. The third kappa shape index (κ3) is 4.88. The van der Waals surface area contributed by atoms with Gasteiger partial charge in [0.15, 0.2) is 0 Å². The Bertz CT molecular complexity index is 379. The van der Waals surface area contributed by atoms with Gasteiger partial charge in [-0.2, -0.15) is 0 Å². The number of carbonyl (C=O) groups excluding carboxylic acids is 1. The lowest BCUT2D eigenvalue weighted by molar-refractivity contribution is -0.121. The Morgan fingerprint density at radius 3 is 2.53 bits per heavy atom. The summed E-state index contributed by atoms with van der Waals surface area (Å²) in [5.41, 5.74) is 1.09. The Morgan fingerprint density at radius 2 is 1.94 bits per heavy atom. The van der Waals surface area contributed by atoms with E-state index in [0.717, 1.165) is 10.0 Å². The zero-order valence-corrected chi connectivity index (χ0v) is 12.0. The lowest BCUT2D eigenvalue weighted by Gasteiger charge is -2.16. The maximum absolute atomic E-state index is 11.7. The van der Waals surface area contributed by atoms with Gasteiger partial charge in [0.05, 0.1) is 12.6 Å². The molecule has 0 aromatic heterocycles. The van der Waals surface area contributed by atoms with Crippen molar-refractivity contribution in [2.24, 2.45) is 0 Å². The van der Waals surface area contributed by atoms with Crippen LogP contribution in [0.15, 0.2) is 28.7 Å². The number of carbonyl (C=O) groups is 1. The van der Waals surface area contributed by atoms with E-state index in [2.05, 4.69) is 26.6 Å². The van der Waals surface area contributed by atoms with Crippen LogP contribution in [0.25, 0.3) is 0 Å². The molecule has 94 valence electrons. The van der Waals surface area contributed by atoms with Crippen molar-refractivity contribution in [3.63, 3.8) is 0 Å². The molecule has 0 bridgehead atoms. The van der Waals surface area contributed by atoms with E-state index in [9.17, 15) is 4.79 Å². The topological polar surface area (TPSA) is 41.1 Å². The average Bonchev–Trinajstić information content (AvgIpc) is 2.26. The third-order valence-electron chi connectivity index (χ3n) is 2.42. The van der Waals surface area contributed by atoms with Crippen molar-refractivity contribution < 1.29 is 4.79 Å². The number of hydrogen-bond donors (Lipinski definition) is 2. The predicted octanol–water partition coefficient (Wildman–Crippen LogP) is 2.62. The van der Waals surface area contributed by atoms with E-state index in [1.54, 1.807) is 0 Å². The van der Waals surface area contributed by atoms with Crippen LogP contribution in [-0.2, 0) is 4.79 Å². The van der Waals surface area contributed by atoms with Gasteiger partial charge in [-0.15, -0.1) is 0 Å². The normalized spacial score (nSPS) is 12.5. The second-order valence-electron chi connectivity index (χ2n) is 4.35. The van der Waals surface area contributed by atoms with E-state index in [1.165, 1.54) is 0 Å². The molecule has 1 aromatic rings. The highest BCUT2D eigenvalue weighted by Gasteiger charge is 2.11. The van der Waals surface area contributed by atoms with Crippen molar-refractivity contribution in [2.45, 2.75) is 32.9 Å². The number of amides is 1. The molecule has 0 fully saturated rings. The molecule has 1 amide bonds. The molecule has 0 aliphatic heterocycles. The Hall–Kier alpha value is -0.870. The van der Waals surface area contributed by atoms with Crippen LogP contribution in [-0.4, -0.2) is 18.5 Å². The molecule has 3 nitrogen and oxygen atoms in total. The SMILES string of the molecule is CC(C)NCC(=O)N[C@@H](C)c1ccccc1Br. The van der Waals surface area contributed by atoms with Crippen LogP contribution < -0.4 is 10.6 Å². The summed E-state index contributed by atoms with van der Waals surface area (Å²) in [4.78, 5) is 11.7. The summed E-state index contributed by atoms with van der Waals surface area (Å²) in [6.07, 6.45) is 0. The molecule has 0 unspecified atom stereocenters. The minimum atomic E-state index is 0.00652. The number of hydrogen-bond acceptors (Lipinski definition) is 2. The molecule has 1 aromatic carbocycles. The van der Waals surface area contributed by atoms with Crippen LogP contribution in [0.5, 0.6) is 0 Å². The Morgan fingerprint density at radius 1 is 1.29 bits per heavy atom. The lowest BCUT2D eigenvalue weighted by Crippen LogP contribution is -2.38. The zero-order chi connectivity index (χ0) is 12.8.